The largest absolute Gasteiger partial charge is 0.508 e. The second-order valence-corrected chi connectivity index (χ2v) is 8.04. The van der Waals surface area contributed by atoms with Crippen molar-refractivity contribution in [1.82, 2.24) is 0 Å². The van der Waals surface area contributed by atoms with Crippen molar-refractivity contribution in [2.75, 3.05) is 39.6 Å². The van der Waals surface area contributed by atoms with E-state index in [4.69, 9.17) is 28.4 Å². The highest BCUT2D eigenvalue weighted by molar-refractivity contribution is 5.59. The van der Waals surface area contributed by atoms with Crippen LogP contribution in [0.1, 0.15) is 92.9 Å². The molecule has 0 aromatic carbocycles. The maximum absolute atomic E-state index is 12.2. The molecule has 7 nitrogen and oxygen atoms in total. The van der Waals surface area contributed by atoms with E-state index in [0.717, 1.165) is 51.4 Å². The molecule has 0 N–H and O–H groups in total. The number of rotatable bonds is 22. The lowest BCUT2D eigenvalue weighted by Gasteiger charge is -2.23. The van der Waals surface area contributed by atoms with Crippen molar-refractivity contribution in [2.45, 2.75) is 117 Å². The Morgan fingerprint density at radius 3 is 1.28 bits per heavy atom. The monoisotopic (exact) mass is 462 g/mol. The van der Waals surface area contributed by atoms with Crippen LogP contribution < -0.4 is 0 Å². The van der Waals surface area contributed by atoms with Crippen LogP contribution >= 0.6 is 0 Å². The highest BCUT2D eigenvalue weighted by Crippen LogP contribution is 2.11. The Labute approximate surface area is 196 Å². The Kier molecular flexibility index (Phi) is 21.3. The summed E-state index contributed by atoms with van der Waals surface area (Å²) in [6.07, 6.45) is 6.75. The first kappa shape index (κ1) is 31.1. The smallest absolute Gasteiger partial charge is 0.432 e. The molecule has 4 atom stereocenters. The van der Waals surface area contributed by atoms with Gasteiger partial charge in [0.15, 0.2) is 0 Å². The van der Waals surface area contributed by atoms with Crippen molar-refractivity contribution in [2.24, 2.45) is 0 Å². The van der Waals surface area contributed by atoms with Crippen LogP contribution in [0.5, 0.6) is 0 Å². The average Bonchev–Trinajstić information content (AvgIpc) is 2.81. The van der Waals surface area contributed by atoms with E-state index in [2.05, 4.69) is 27.7 Å². The molecule has 7 heteroatoms. The fourth-order valence-corrected chi connectivity index (χ4v) is 3.18. The normalized spacial score (nSPS) is 15.2. The summed E-state index contributed by atoms with van der Waals surface area (Å²) in [4.78, 5) is 12.2. The van der Waals surface area contributed by atoms with Gasteiger partial charge in [0.2, 0.25) is 0 Å². The quantitative estimate of drug-likeness (QED) is 0.185. The standard InChI is InChI=1S/C25H50O7/c1-7-13-15-23(29-17-21(9-3)27-11-5)19-31-25(26)32-20-24(16-14-8-2)30-18-22(10-4)28-12-6/h21-24H,7-20H2,1-6H3. The zero-order valence-electron chi connectivity index (χ0n) is 21.6. The maximum atomic E-state index is 12.2. The van der Waals surface area contributed by atoms with Crippen molar-refractivity contribution < 1.29 is 33.2 Å². The van der Waals surface area contributed by atoms with E-state index in [1.807, 2.05) is 13.8 Å². The first-order valence-electron chi connectivity index (χ1n) is 12.8. The molecule has 0 bridgehead atoms. The van der Waals surface area contributed by atoms with Crippen molar-refractivity contribution in [3.8, 4) is 0 Å². The van der Waals surface area contributed by atoms with Crippen LogP contribution in [-0.4, -0.2) is 70.2 Å². The van der Waals surface area contributed by atoms with Gasteiger partial charge < -0.3 is 28.4 Å². The second kappa shape index (κ2) is 21.9. The predicted octanol–water partition coefficient (Wildman–Crippen LogP) is 5.92. The zero-order chi connectivity index (χ0) is 24.0. The molecule has 0 heterocycles. The molecule has 0 aromatic rings. The lowest BCUT2D eigenvalue weighted by molar-refractivity contribution is -0.0792. The topological polar surface area (TPSA) is 72.5 Å². The molecule has 192 valence electrons. The van der Waals surface area contributed by atoms with Gasteiger partial charge >= 0.3 is 6.16 Å². The fourth-order valence-electron chi connectivity index (χ4n) is 3.18. The number of carbonyl (C=O) groups excluding carboxylic acids is 1. The van der Waals surface area contributed by atoms with Crippen LogP contribution in [0.3, 0.4) is 0 Å². The number of unbranched alkanes of at least 4 members (excludes halogenated alkanes) is 2. The third-order valence-electron chi connectivity index (χ3n) is 5.28. The second-order valence-electron chi connectivity index (χ2n) is 8.04. The van der Waals surface area contributed by atoms with Gasteiger partial charge in [0, 0.05) is 13.2 Å². The molecular weight excluding hydrogens is 412 g/mol. The Morgan fingerprint density at radius 1 is 0.562 bits per heavy atom. The van der Waals surface area contributed by atoms with Crippen LogP contribution in [-0.2, 0) is 28.4 Å². The first-order chi connectivity index (χ1) is 15.5. The molecule has 0 fully saturated rings. The lowest BCUT2D eigenvalue weighted by Crippen LogP contribution is -2.30. The number of hydrogen-bond acceptors (Lipinski definition) is 7. The SMILES string of the molecule is CCCCC(COC(=O)OCC(CCCC)OCC(CC)OCC)OCC(CC)OCC. The molecule has 0 radical (unpaired) electrons. The Morgan fingerprint density at radius 2 is 0.969 bits per heavy atom. The first-order valence-corrected chi connectivity index (χ1v) is 12.8. The van der Waals surface area contributed by atoms with Gasteiger partial charge in [-0.3, -0.25) is 0 Å². The molecule has 0 aliphatic heterocycles. The summed E-state index contributed by atoms with van der Waals surface area (Å²) < 4.78 is 34.0. The number of ether oxygens (including phenoxy) is 6. The maximum Gasteiger partial charge on any atom is 0.508 e. The number of carbonyl (C=O) groups is 1. The van der Waals surface area contributed by atoms with Gasteiger partial charge in [-0.05, 0) is 39.5 Å². The van der Waals surface area contributed by atoms with E-state index in [1.54, 1.807) is 0 Å². The molecule has 0 saturated heterocycles. The minimum absolute atomic E-state index is 0.0659. The van der Waals surface area contributed by atoms with E-state index in [-0.39, 0.29) is 37.6 Å². The summed E-state index contributed by atoms with van der Waals surface area (Å²) in [5, 5.41) is 0. The van der Waals surface area contributed by atoms with Gasteiger partial charge in [0.1, 0.15) is 13.2 Å². The lowest BCUT2D eigenvalue weighted by atomic mass is 10.1. The van der Waals surface area contributed by atoms with E-state index < -0.39 is 6.16 Å². The van der Waals surface area contributed by atoms with Crippen molar-refractivity contribution in [3.05, 3.63) is 0 Å². The molecule has 0 aliphatic carbocycles. The van der Waals surface area contributed by atoms with Crippen molar-refractivity contribution in [3.63, 3.8) is 0 Å². The van der Waals surface area contributed by atoms with E-state index in [1.165, 1.54) is 0 Å². The van der Waals surface area contributed by atoms with Crippen LogP contribution in [0, 0.1) is 0 Å². The molecular formula is C25H50O7. The van der Waals surface area contributed by atoms with Gasteiger partial charge in [-0.1, -0.05) is 53.4 Å². The van der Waals surface area contributed by atoms with Crippen LogP contribution in [0.15, 0.2) is 0 Å². The zero-order valence-corrected chi connectivity index (χ0v) is 21.6. The molecule has 0 rings (SSSR count). The number of hydrogen-bond donors (Lipinski definition) is 0. The van der Waals surface area contributed by atoms with Gasteiger partial charge in [-0.15, -0.1) is 0 Å². The predicted molar refractivity (Wildman–Crippen MR) is 127 cm³/mol. The van der Waals surface area contributed by atoms with E-state index in [9.17, 15) is 4.79 Å². The third-order valence-corrected chi connectivity index (χ3v) is 5.28. The van der Waals surface area contributed by atoms with E-state index >= 15 is 0 Å². The highest BCUT2D eigenvalue weighted by atomic mass is 16.7. The van der Waals surface area contributed by atoms with Crippen LogP contribution in [0.25, 0.3) is 0 Å². The summed E-state index contributed by atoms with van der Waals surface area (Å²) in [6.45, 7) is 15.1. The minimum atomic E-state index is -0.672. The Balaban J connectivity index is 4.49. The van der Waals surface area contributed by atoms with E-state index in [0.29, 0.717) is 26.4 Å². The molecule has 0 aromatic heterocycles. The molecule has 0 amide bonds. The van der Waals surface area contributed by atoms with Gasteiger partial charge in [-0.25, -0.2) is 4.79 Å². The van der Waals surface area contributed by atoms with Gasteiger partial charge in [-0.2, -0.15) is 0 Å². The molecule has 0 spiro atoms. The van der Waals surface area contributed by atoms with Crippen LogP contribution in [0.4, 0.5) is 4.79 Å². The Hall–Kier alpha value is -0.890. The molecule has 32 heavy (non-hydrogen) atoms. The molecule has 0 saturated carbocycles. The third kappa shape index (κ3) is 16.7. The highest BCUT2D eigenvalue weighted by Gasteiger charge is 2.18. The molecule has 0 aliphatic rings. The summed E-state index contributed by atoms with van der Waals surface area (Å²) in [7, 11) is 0. The summed E-state index contributed by atoms with van der Waals surface area (Å²) in [6, 6.07) is 0. The summed E-state index contributed by atoms with van der Waals surface area (Å²) in [5.74, 6) is 0. The van der Waals surface area contributed by atoms with Crippen LogP contribution in [0.2, 0.25) is 0 Å². The van der Waals surface area contributed by atoms with Crippen molar-refractivity contribution in [1.29, 1.82) is 0 Å². The summed E-state index contributed by atoms with van der Waals surface area (Å²) >= 11 is 0. The van der Waals surface area contributed by atoms with Gasteiger partial charge in [0.25, 0.3) is 0 Å². The molecule has 4 unspecified atom stereocenters. The van der Waals surface area contributed by atoms with Gasteiger partial charge in [0.05, 0.1) is 37.6 Å². The van der Waals surface area contributed by atoms with Crippen molar-refractivity contribution >= 4 is 6.16 Å². The summed E-state index contributed by atoms with van der Waals surface area (Å²) in [5.41, 5.74) is 0. The average molecular weight is 463 g/mol. The fraction of sp³-hybridized carbons (Fsp3) is 0.960. The minimum Gasteiger partial charge on any atom is -0.432 e. The Bertz CT molecular complexity index is 383.